The minimum Gasteiger partial charge on any atom is -0.246 e. The number of thiazole rings is 1. The van der Waals surface area contributed by atoms with Gasteiger partial charge in [-0.2, -0.15) is 0 Å². The van der Waals surface area contributed by atoms with Crippen LogP contribution in [0, 0.1) is 13.8 Å². The van der Waals surface area contributed by atoms with Gasteiger partial charge in [-0.15, -0.1) is 22.9 Å². The minimum atomic E-state index is 0.688. The van der Waals surface area contributed by atoms with Gasteiger partial charge in [-0.05, 0) is 26.3 Å². The fourth-order valence-electron chi connectivity index (χ4n) is 0.955. The molecule has 66 valence electrons. The highest BCUT2D eigenvalue weighted by atomic mass is 35.5. The van der Waals surface area contributed by atoms with Gasteiger partial charge in [0.2, 0.25) is 0 Å². The number of aryl methyl sites for hydroxylation is 2. The second kappa shape index (κ2) is 4.63. The highest BCUT2D eigenvalue weighted by molar-refractivity contribution is 7.12. The molecule has 1 nitrogen and oxygen atoms in total. The number of nitrogens with zero attached hydrogens (tertiary/aromatic N) is 1. The SMILES string of the molecule is Cc1nc(C)c(C=CCCCl)s1. The van der Waals surface area contributed by atoms with Crippen LogP contribution in [0.4, 0.5) is 0 Å². The van der Waals surface area contributed by atoms with Gasteiger partial charge in [0.1, 0.15) is 0 Å². The van der Waals surface area contributed by atoms with E-state index in [1.54, 1.807) is 11.3 Å². The average molecular weight is 202 g/mol. The van der Waals surface area contributed by atoms with Crippen molar-refractivity contribution in [3.63, 3.8) is 0 Å². The molecule has 1 aromatic rings. The van der Waals surface area contributed by atoms with Crippen LogP contribution in [0.2, 0.25) is 0 Å². The Hall–Kier alpha value is -0.340. The highest BCUT2D eigenvalue weighted by Gasteiger charge is 1.99. The lowest BCUT2D eigenvalue weighted by atomic mass is 10.3. The van der Waals surface area contributed by atoms with Crippen LogP contribution in [-0.4, -0.2) is 10.9 Å². The average Bonchev–Trinajstić information content (AvgIpc) is 2.31. The van der Waals surface area contributed by atoms with Crippen LogP contribution in [0.5, 0.6) is 0 Å². The Morgan fingerprint density at radius 3 is 2.75 bits per heavy atom. The summed E-state index contributed by atoms with van der Waals surface area (Å²) in [5.41, 5.74) is 1.11. The summed E-state index contributed by atoms with van der Waals surface area (Å²) in [6.07, 6.45) is 5.12. The molecule has 0 amide bonds. The van der Waals surface area contributed by atoms with Gasteiger partial charge >= 0.3 is 0 Å². The Labute approximate surface area is 82.1 Å². The molecule has 1 heterocycles. The summed E-state index contributed by atoms with van der Waals surface area (Å²) in [6.45, 7) is 4.06. The number of rotatable bonds is 3. The number of hydrogen-bond donors (Lipinski definition) is 0. The van der Waals surface area contributed by atoms with Crippen LogP contribution in [-0.2, 0) is 0 Å². The van der Waals surface area contributed by atoms with Crippen molar-refractivity contribution in [2.75, 3.05) is 5.88 Å². The predicted molar refractivity (Wildman–Crippen MR) is 56.0 cm³/mol. The fourth-order valence-corrected chi connectivity index (χ4v) is 1.94. The molecule has 0 aliphatic heterocycles. The third-order valence-corrected chi connectivity index (χ3v) is 2.74. The van der Waals surface area contributed by atoms with Crippen molar-refractivity contribution in [2.45, 2.75) is 20.3 Å². The monoisotopic (exact) mass is 201 g/mol. The van der Waals surface area contributed by atoms with Gasteiger partial charge in [-0.1, -0.05) is 6.08 Å². The predicted octanol–water partition coefficient (Wildman–Crippen LogP) is 3.40. The molecule has 0 aliphatic rings. The van der Waals surface area contributed by atoms with Gasteiger partial charge in [0, 0.05) is 10.8 Å². The van der Waals surface area contributed by atoms with Gasteiger partial charge in [0.15, 0.2) is 0 Å². The van der Waals surface area contributed by atoms with Crippen molar-refractivity contribution in [1.29, 1.82) is 0 Å². The summed E-state index contributed by atoms with van der Waals surface area (Å²) in [7, 11) is 0. The molecule has 0 spiro atoms. The van der Waals surface area contributed by atoms with Crippen molar-refractivity contribution < 1.29 is 0 Å². The van der Waals surface area contributed by atoms with Crippen LogP contribution in [0.25, 0.3) is 6.08 Å². The van der Waals surface area contributed by atoms with Gasteiger partial charge < -0.3 is 0 Å². The standard InChI is InChI=1S/C9H12ClNS/c1-7-9(5-3-4-6-10)12-8(2)11-7/h3,5H,4,6H2,1-2H3. The van der Waals surface area contributed by atoms with E-state index in [1.807, 2.05) is 13.8 Å². The van der Waals surface area contributed by atoms with E-state index in [1.165, 1.54) is 4.88 Å². The van der Waals surface area contributed by atoms with Crippen molar-refractivity contribution >= 4 is 29.0 Å². The summed E-state index contributed by atoms with van der Waals surface area (Å²) in [4.78, 5) is 5.57. The molecule has 0 saturated heterocycles. The first-order valence-corrected chi connectivity index (χ1v) is 5.25. The Kier molecular flexibility index (Phi) is 3.76. The summed E-state index contributed by atoms with van der Waals surface area (Å²) in [6, 6.07) is 0. The normalized spacial score (nSPS) is 11.2. The lowest BCUT2D eigenvalue weighted by Crippen LogP contribution is -1.73. The molecule has 0 N–H and O–H groups in total. The quantitative estimate of drug-likeness (QED) is 0.684. The van der Waals surface area contributed by atoms with E-state index in [9.17, 15) is 0 Å². The number of hydrogen-bond acceptors (Lipinski definition) is 2. The maximum atomic E-state index is 5.55. The summed E-state index contributed by atoms with van der Waals surface area (Å²) in [5, 5.41) is 1.12. The topological polar surface area (TPSA) is 12.9 Å². The van der Waals surface area contributed by atoms with E-state index in [0.29, 0.717) is 5.88 Å². The molecule has 0 atom stereocenters. The van der Waals surface area contributed by atoms with Crippen molar-refractivity contribution in [1.82, 2.24) is 4.98 Å². The zero-order valence-corrected chi connectivity index (χ0v) is 8.87. The van der Waals surface area contributed by atoms with Crippen molar-refractivity contribution in [3.8, 4) is 0 Å². The first kappa shape index (κ1) is 9.75. The highest BCUT2D eigenvalue weighted by Crippen LogP contribution is 2.18. The van der Waals surface area contributed by atoms with E-state index in [-0.39, 0.29) is 0 Å². The largest absolute Gasteiger partial charge is 0.246 e. The number of halogens is 1. The maximum absolute atomic E-state index is 5.55. The van der Waals surface area contributed by atoms with E-state index >= 15 is 0 Å². The molecular formula is C9H12ClNS. The molecule has 0 radical (unpaired) electrons. The molecule has 12 heavy (non-hydrogen) atoms. The third-order valence-electron chi connectivity index (χ3n) is 1.48. The molecule has 0 saturated carbocycles. The summed E-state index contributed by atoms with van der Waals surface area (Å²) in [5.74, 6) is 0.688. The lowest BCUT2D eigenvalue weighted by molar-refractivity contribution is 1.19. The molecular weight excluding hydrogens is 190 g/mol. The van der Waals surface area contributed by atoms with E-state index in [4.69, 9.17) is 11.6 Å². The molecule has 1 rings (SSSR count). The molecule has 0 unspecified atom stereocenters. The molecule has 0 aromatic carbocycles. The zero-order chi connectivity index (χ0) is 8.97. The van der Waals surface area contributed by atoms with Crippen molar-refractivity contribution in [2.24, 2.45) is 0 Å². The smallest absolute Gasteiger partial charge is 0.0903 e. The number of aromatic nitrogens is 1. The van der Waals surface area contributed by atoms with Crippen LogP contribution >= 0.6 is 22.9 Å². The summed E-state index contributed by atoms with van der Waals surface area (Å²) < 4.78 is 0. The Balaban J connectivity index is 2.68. The number of alkyl halides is 1. The van der Waals surface area contributed by atoms with Gasteiger partial charge in [-0.25, -0.2) is 4.98 Å². The second-order valence-corrected chi connectivity index (χ2v) is 4.18. The second-order valence-electron chi connectivity index (χ2n) is 2.56. The zero-order valence-electron chi connectivity index (χ0n) is 7.30. The lowest BCUT2D eigenvalue weighted by Gasteiger charge is -1.86. The Morgan fingerprint density at radius 2 is 2.25 bits per heavy atom. The fraction of sp³-hybridized carbons (Fsp3) is 0.444. The van der Waals surface area contributed by atoms with Crippen LogP contribution < -0.4 is 0 Å². The first-order chi connectivity index (χ1) is 5.74. The minimum absolute atomic E-state index is 0.688. The van der Waals surface area contributed by atoms with Gasteiger partial charge in [0.25, 0.3) is 0 Å². The van der Waals surface area contributed by atoms with Gasteiger partial charge in [-0.3, -0.25) is 0 Å². The Bertz CT molecular complexity index is 278. The third kappa shape index (κ3) is 2.61. The number of allylic oxidation sites excluding steroid dienone is 1. The van der Waals surface area contributed by atoms with E-state index < -0.39 is 0 Å². The molecule has 3 heteroatoms. The van der Waals surface area contributed by atoms with Crippen LogP contribution in [0.1, 0.15) is 22.0 Å². The maximum Gasteiger partial charge on any atom is 0.0903 e. The van der Waals surface area contributed by atoms with Crippen molar-refractivity contribution in [3.05, 3.63) is 21.7 Å². The summed E-state index contributed by atoms with van der Waals surface area (Å²) >= 11 is 7.27. The molecule has 1 aromatic heterocycles. The molecule has 0 fully saturated rings. The first-order valence-electron chi connectivity index (χ1n) is 3.90. The van der Waals surface area contributed by atoms with E-state index in [2.05, 4.69) is 17.1 Å². The molecule has 0 aliphatic carbocycles. The molecule has 0 bridgehead atoms. The van der Waals surface area contributed by atoms with Crippen LogP contribution in [0.15, 0.2) is 6.08 Å². The Morgan fingerprint density at radius 1 is 1.50 bits per heavy atom. The van der Waals surface area contributed by atoms with E-state index in [0.717, 1.165) is 17.1 Å². The van der Waals surface area contributed by atoms with Gasteiger partial charge in [0.05, 0.1) is 10.7 Å². The van der Waals surface area contributed by atoms with Crippen LogP contribution in [0.3, 0.4) is 0 Å².